The Morgan fingerprint density at radius 2 is 2.11 bits per heavy atom. The van der Waals surface area contributed by atoms with E-state index >= 15 is 0 Å². The molecule has 36 heavy (non-hydrogen) atoms. The SMILES string of the molecule is Cn1ccc(-c2ccc3sc(NC(=O)Cc4ccc(Oc5ncccc5C(N)O)c(F)c4)nc3c2)n1. The molecular formula is C25H21FN6O3S. The monoisotopic (exact) mass is 504 g/mol. The van der Waals surface area contributed by atoms with Crippen molar-refractivity contribution in [2.45, 2.75) is 12.6 Å². The number of anilines is 1. The van der Waals surface area contributed by atoms with E-state index in [1.807, 2.05) is 37.5 Å². The number of carbonyl (C=O) groups is 1. The van der Waals surface area contributed by atoms with Gasteiger partial charge >= 0.3 is 0 Å². The maximum absolute atomic E-state index is 14.7. The van der Waals surface area contributed by atoms with Gasteiger partial charge in [-0.1, -0.05) is 23.5 Å². The Kier molecular flexibility index (Phi) is 6.42. The number of nitrogens with two attached hydrogens (primary N) is 1. The molecule has 1 amide bonds. The van der Waals surface area contributed by atoms with E-state index in [4.69, 9.17) is 10.5 Å². The molecule has 3 aromatic heterocycles. The van der Waals surface area contributed by atoms with E-state index < -0.39 is 12.0 Å². The third-order valence-electron chi connectivity index (χ3n) is 5.33. The van der Waals surface area contributed by atoms with Crippen molar-refractivity contribution in [2.24, 2.45) is 12.8 Å². The number of halogens is 1. The minimum atomic E-state index is -1.32. The smallest absolute Gasteiger partial charge is 0.230 e. The number of pyridine rings is 1. The molecule has 9 nitrogen and oxygen atoms in total. The fourth-order valence-electron chi connectivity index (χ4n) is 3.61. The highest BCUT2D eigenvalue weighted by molar-refractivity contribution is 7.22. The van der Waals surface area contributed by atoms with Gasteiger partial charge < -0.3 is 20.9 Å². The number of rotatable bonds is 7. The van der Waals surface area contributed by atoms with Crippen LogP contribution < -0.4 is 15.8 Å². The number of amides is 1. The second-order valence-corrected chi connectivity index (χ2v) is 9.04. The zero-order valence-corrected chi connectivity index (χ0v) is 19.9. The molecule has 0 radical (unpaired) electrons. The summed E-state index contributed by atoms with van der Waals surface area (Å²) in [5, 5.41) is 17.3. The van der Waals surface area contributed by atoms with Crippen LogP contribution in [0, 0.1) is 5.82 Å². The highest BCUT2D eigenvalue weighted by Gasteiger charge is 2.15. The number of aryl methyl sites for hydroxylation is 1. The minimum Gasteiger partial charge on any atom is -0.436 e. The first-order valence-electron chi connectivity index (χ1n) is 10.9. The van der Waals surface area contributed by atoms with Crippen LogP contribution >= 0.6 is 11.3 Å². The van der Waals surface area contributed by atoms with Crippen molar-refractivity contribution < 1.29 is 19.0 Å². The molecule has 1 unspecified atom stereocenters. The maximum atomic E-state index is 14.7. The average molecular weight is 505 g/mol. The predicted molar refractivity (Wildman–Crippen MR) is 134 cm³/mol. The second kappa shape index (κ2) is 9.82. The second-order valence-electron chi connectivity index (χ2n) is 8.01. The zero-order chi connectivity index (χ0) is 25.2. The standard InChI is InChI=1S/C25H21FN6O3S/c1-32-10-8-18(31-32)15-5-7-21-19(13-15)29-25(36-21)30-22(33)12-14-4-6-20(17(26)11-14)35-24-16(23(27)34)3-2-9-28-24/h2-11,13,23,34H,12,27H2,1H3,(H,29,30,33). The lowest BCUT2D eigenvalue weighted by Gasteiger charge is -2.12. The fraction of sp³-hybridized carbons (Fsp3) is 0.120. The van der Waals surface area contributed by atoms with Gasteiger partial charge in [-0.15, -0.1) is 0 Å². The van der Waals surface area contributed by atoms with Crippen LogP contribution in [-0.4, -0.2) is 30.8 Å². The van der Waals surface area contributed by atoms with Crippen LogP contribution in [0.3, 0.4) is 0 Å². The van der Waals surface area contributed by atoms with E-state index in [0.717, 1.165) is 21.5 Å². The highest BCUT2D eigenvalue weighted by Crippen LogP contribution is 2.31. The van der Waals surface area contributed by atoms with E-state index in [2.05, 4.69) is 20.4 Å². The number of aliphatic hydroxyl groups excluding tert-OH is 1. The number of nitrogens with zero attached hydrogens (tertiary/aromatic N) is 4. The average Bonchev–Trinajstić information content (AvgIpc) is 3.45. The summed E-state index contributed by atoms with van der Waals surface area (Å²) in [6.45, 7) is 0. The van der Waals surface area contributed by atoms with E-state index in [1.54, 1.807) is 16.8 Å². The van der Waals surface area contributed by atoms with Gasteiger partial charge in [-0.25, -0.2) is 14.4 Å². The van der Waals surface area contributed by atoms with Gasteiger partial charge in [-0.05, 0) is 48.0 Å². The van der Waals surface area contributed by atoms with Crippen LogP contribution in [0.5, 0.6) is 11.6 Å². The van der Waals surface area contributed by atoms with Gasteiger partial charge in [0.25, 0.3) is 0 Å². The lowest BCUT2D eigenvalue weighted by Crippen LogP contribution is -2.14. The normalized spacial score (nSPS) is 12.0. The Labute approximate surface area is 209 Å². The summed E-state index contributed by atoms with van der Waals surface area (Å²) in [5.74, 6) is -1.11. The highest BCUT2D eigenvalue weighted by atomic mass is 32.1. The zero-order valence-electron chi connectivity index (χ0n) is 19.1. The number of aliphatic hydroxyl groups is 1. The van der Waals surface area contributed by atoms with Gasteiger partial charge in [0.15, 0.2) is 16.7 Å². The molecule has 2 aromatic carbocycles. The molecular weight excluding hydrogens is 483 g/mol. The Morgan fingerprint density at radius 1 is 1.25 bits per heavy atom. The first-order chi connectivity index (χ1) is 17.4. The molecule has 0 aliphatic heterocycles. The predicted octanol–water partition coefficient (Wildman–Crippen LogP) is 4.15. The van der Waals surface area contributed by atoms with Crippen molar-refractivity contribution in [3.8, 4) is 22.9 Å². The molecule has 11 heteroatoms. The minimum absolute atomic E-state index is 0.000989. The third-order valence-corrected chi connectivity index (χ3v) is 6.28. The summed E-state index contributed by atoms with van der Waals surface area (Å²) < 4.78 is 22.8. The Hall–Kier alpha value is -4.19. The molecule has 5 rings (SSSR count). The summed E-state index contributed by atoms with van der Waals surface area (Å²) >= 11 is 1.36. The molecule has 0 spiro atoms. The van der Waals surface area contributed by atoms with Crippen LogP contribution in [0.1, 0.15) is 17.4 Å². The fourth-order valence-corrected chi connectivity index (χ4v) is 4.48. The van der Waals surface area contributed by atoms with Crippen LogP contribution in [-0.2, 0) is 18.3 Å². The molecule has 0 saturated heterocycles. The molecule has 4 N–H and O–H groups in total. The molecule has 1 atom stereocenters. The first-order valence-corrected chi connectivity index (χ1v) is 11.7. The van der Waals surface area contributed by atoms with Gasteiger partial charge in [0.05, 0.1) is 27.9 Å². The molecule has 0 aliphatic rings. The quantitative estimate of drug-likeness (QED) is 0.284. The summed E-state index contributed by atoms with van der Waals surface area (Å²) in [5.41, 5.74) is 8.70. The van der Waals surface area contributed by atoms with E-state index in [9.17, 15) is 14.3 Å². The molecule has 3 heterocycles. The van der Waals surface area contributed by atoms with Gasteiger partial charge in [0.2, 0.25) is 11.8 Å². The van der Waals surface area contributed by atoms with Crippen LogP contribution in [0.4, 0.5) is 9.52 Å². The van der Waals surface area contributed by atoms with Crippen molar-refractivity contribution in [3.63, 3.8) is 0 Å². The summed E-state index contributed by atoms with van der Waals surface area (Å²) in [7, 11) is 1.86. The number of thiazole rings is 1. The lowest BCUT2D eigenvalue weighted by atomic mass is 10.1. The number of fused-ring (bicyclic) bond motifs is 1. The molecule has 182 valence electrons. The summed E-state index contributed by atoms with van der Waals surface area (Å²) in [6, 6.07) is 15.1. The maximum Gasteiger partial charge on any atom is 0.230 e. The van der Waals surface area contributed by atoms with Gasteiger partial charge in [0, 0.05) is 25.0 Å². The lowest BCUT2D eigenvalue weighted by molar-refractivity contribution is -0.115. The number of nitrogens with one attached hydrogen (secondary N) is 1. The molecule has 0 saturated carbocycles. The molecule has 5 aromatic rings. The van der Waals surface area contributed by atoms with E-state index in [0.29, 0.717) is 10.7 Å². The van der Waals surface area contributed by atoms with Crippen LogP contribution in [0.2, 0.25) is 0 Å². The Bertz CT molecular complexity index is 1560. The first kappa shape index (κ1) is 23.5. The number of carbonyl (C=O) groups excluding carboxylic acids is 1. The topological polar surface area (TPSA) is 128 Å². The number of ether oxygens (including phenoxy) is 1. The number of hydrogen-bond acceptors (Lipinski definition) is 8. The Balaban J connectivity index is 1.26. The summed E-state index contributed by atoms with van der Waals surface area (Å²) in [4.78, 5) is 21.1. The van der Waals surface area contributed by atoms with Crippen molar-refractivity contribution in [1.29, 1.82) is 0 Å². The summed E-state index contributed by atoms with van der Waals surface area (Å²) in [6.07, 6.45) is 1.94. The van der Waals surface area contributed by atoms with Crippen LogP contribution in [0.15, 0.2) is 67.0 Å². The molecule has 0 aliphatic carbocycles. The number of hydrogen-bond donors (Lipinski definition) is 3. The van der Waals surface area contributed by atoms with Crippen molar-refractivity contribution in [2.75, 3.05) is 5.32 Å². The molecule has 0 fully saturated rings. The van der Waals surface area contributed by atoms with Crippen molar-refractivity contribution in [3.05, 3.63) is 83.9 Å². The van der Waals surface area contributed by atoms with Crippen molar-refractivity contribution >= 4 is 32.6 Å². The van der Waals surface area contributed by atoms with Crippen LogP contribution in [0.25, 0.3) is 21.5 Å². The number of benzene rings is 2. The van der Waals surface area contributed by atoms with Gasteiger partial charge in [0.1, 0.15) is 6.23 Å². The van der Waals surface area contributed by atoms with Gasteiger partial charge in [-0.3, -0.25) is 9.48 Å². The Morgan fingerprint density at radius 3 is 2.86 bits per heavy atom. The van der Waals surface area contributed by atoms with Crippen molar-refractivity contribution in [1.82, 2.24) is 19.7 Å². The van der Waals surface area contributed by atoms with E-state index in [-0.39, 0.29) is 29.5 Å². The number of aromatic nitrogens is 4. The van der Waals surface area contributed by atoms with Gasteiger partial charge in [-0.2, -0.15) is 5.10 Å². The third kappa shape index (κ3) is 5.08. The molecule has 0 bridgehead atoms. The largest absolute Gasteiger partial charge is 0.436 e. The van der Waals surface area contributed by atoms with E-state index in [1.165, 1.54) is 35.7 Å².